The van der Waals surface area contributed by atoms with E-state index in [2.05, 4.69) is 30.9 Å². The Balaban J connectivity index is 3.18. The molecule has 0 spiro atoms. The number of hydrogen-bond donors (Lipinski definition) is 9. The van der Waals surface area contributed by atoms with Crippen LogP contribution in [0.15, 0.2) is 0 Å². The molecular formula is C12H24N6O6. The first kappa shape index (κ1) is 20.2. The predicted molar refractivity (Wildman–Crippen MR) is 83.8 cm³/mol. The molecule has 0 aromatic carbocycles. The summed E-state index contributed by atoms with van der Waals surface area (Å²) >= 11 is 0. The zero-order valence-electron chi connectivity index (χ0n) is 13.6. The van der Waals surface area contributed by atoms with Gasteiger partial charge in [0.1, 0.15) is 0 Å². The number of aromatic nitrogens is 3. The van der Waals surface area contributed by atoms with Gasteiger partial charge >= 0.3 is 0 Å². The van der Waals surface area contributed by atoms with Gasteiger partial charge in [0.2, 0.25) is 17.8 Å². The van der Waals surface area contributed by atoms with E-state index in [4.69, 9.17) is 15.3 Å². The van der Waals surface area contributed by atoms with Crippen LogP contribution in [0, 0.1) is 0 Å². The maximum Gasteiger partial charge on any atom is 0.231 e. The molecule has 0 aliphatic carbocycles. The summed E-state index contributed by atoms with van der Waals surface area (Å²) in [6.45, 7) is 1.87. The maximum atomic E-state index is 9.83. The molecule has 0 radical (unpaired) electrons. The Kier molecular flexibility index (Phi) is 6.21. The molecule has 24 heavy (non-hydrogen) atoms. The molecule has 0 bridgehead atoms. The van der Waals surface area contributed by atoms with Gasteiger partial charge in [0, 0.05) is 0 Å². The van der Waals surface area contributed by atoms with Crippen molar-refractivity contribution in [3.05, 3.63) is 0 Å². The summed E-state index contributed by atoms with van der Waals surface area (Å²) in [4.78, 5) is 11.7. The average Bonchev–Trinajstić information content (AvgIpc) is 2.45. The molecule has 12 nitrogen and oxygen atoms in total. The van der Waals surface area contributed by atoms with Crippen LogP contribution in [0.1, 0.15) is 20.8 Å². The fourth-order valence-corrected chi connectivity index (χ4v) is 1.38. The maximum absolute atomic E-state index is 9.83. The Morgan fingerprint density at radius 3 is 1.00 bits per heavy atom. The first-order chi connectivity index (χ1) is 10.9. The highest BCUT2D eigenvalue weighted by atomic mass is 16.4. The van der Waals surface area contributed by atoms with Crippen molar-refractivity contribution in [1.29, 1.82) is 0 Å². The predicted octanol–water partition coefficient (Wildman–Crippen LogP) is -2.79. The zero-order chi connectivity index (χ0) is 18.6. The van der Waals surface area contributed by atoms with Gasteiger partial charge in [-0.15, -0.1) is 0 Å². The van der Waals surface area contributed by atoms with Crippen molar-refractivity contribution < 1.29 is 30.6 Å². The van der Waals surface area contributed by atoms with Crippen molar-refractivity contribution in [3.8, 4) is 0 Å². The topological polar surface area (TPSA) is 196 Å². The van der Waals surface area contributed by atoms with Gasteiger partial charge in [-0.3, -0.25) is 0 Å². The van der Waals surface area contributed by atoms with E-state index in [1.807, 2.05) is 0 Å². The minimum absolute atomic E-state index is 0.198. The summed E-state index contributed by atoms with van der Waals surface area (Å²) in [6, 6.07) is 0. The molecule has 0 saturated heterocycles. The van der Waals surface area contributed by atoms with Crippen molar-refractivity contribution in [1.82, 2.24) is 15.0 Å². The van der Waals surface area contributed by atoms with Gasteiger partial charge < -0.3 is 46.6 Å². The highest BCUT2D eigenvalue weighted by Crippen LogP contribution is 2.17. The van der Waals surface area contributed by atoms with Crippen molar-refractivity contribution in [2.75, 3.05) is 35.8 Å². The van der Waals surface area contributed by atoms with Crippen LogP contribution in [0.5, 0.6) is 0 Å². The quantitative estimate of drug-likeness (QED) is 0.208. The Bertz CT molecular complexity index is 464. The lowest BCUT2D eigenvalue weighted by Gasteiger charge is -2.26. The summed E-state index contributed by atoms with van der Waals surface area (Å²) in [5.41, 5.74) is -5.22. The summed E-state index contributed by atoms with van der Waals surface area (Å²) in [6.07, 6.45) is 0. The Morgan fingerprint density at radius 1 is 0.625 bits per heavy atom. The van der Waals surface area contributed by atoms with E-state index in [1.165, 1.54) is 20.8 Å². The minimum atomic E-state index is -1.74. The fourth-order valence-electron chi connectivity index (χ4n) is 1.38. The zero-order valence-corrected chi connectivity index (χ0v) is 13.6. The lowest BCUT2D eigenvalue weighted by Crippen LogP contribution is -2.42. The van der Waals surface area contributed by atoms with E-state index in [9.17, 15) is 15.3 Å². The second-order valence-electron chi connectivity index (χ2n) is 5.98. The largest absolute Gasteiger partial charge is 0.391 e. The van der Waals surface area contributed by atoms with Crippen LogP contribution >= 0.6 is 0 Å². The van der Waals surface area contributed by atoms with Crippen molar-refractivity contribution >= 4 is 17.8 Å². The van der Waals surface area contributed by atoms with E-state index < -0.39 is 37.0 Å². The summed E-state index contributed by atoms with van der Waals surface area (Å²) in [7, 11) is 0. The van der Waals surface area contributed by atoms with Crippen molar-refractivity contribution in [3.63, 3.8) is 0 Å². The standard InChI is InChI=1S/C12H24N6O6/c1-10(22,4-19)16-7-13-8(17-11(2,23)5-20)15-9(14-7)18-12(3,24)6-21/h19-24H,4-6H2,1-3H3,(H3,13,14,15,16,17,18). The average molecular weight is 348 g/mol. The highest BCUT2D eigenvalue weighted by molar-refractivity contribution is 5.44. The van der Waals surface area contributed by atoms with Crippen molar-refractivity contribution in [2.24, 2.45) is 0 Å². The van der Waals surface area contributed by atoms with Gasteiger partial charge in [0.15, 0.2) is 17.2 Å². The highest BCUT2D eigenvalue weighted by Gasteiger charge is 2.26. The Hall–Kier alpha value is -1.83. The third-order valence-corrected chi connectivity index (χ3v) is 2.70. The van der Waals surface area contributed by atoms with Crippen LogP contribution in [-0.2, 0) is 0 Å². The SMILES string of the molecule is CC(O)(CO)Nc1nc(NC(C)(O)CO)nc(NC(C)(O)CO)n1. The van der Waals surface area contributed by atoms with Gasteiger partial charge in [0.25, 0.3) is 0 Å². The second-order valence-corrected chi connectivity index (χ2v) is 5.98. The number of hydrogen-bond acceptors (Lipinski definition) is 12. The van der Waals surface area contributed by atoms with Crippen LogP contribution in [0.2, 0.25) is 0 Å². The smallest absolute Gasteiger partial charge is 0.231 e. The van der Waals surface area contributed by atoms with Crippen LogP contribution in [-0.4, -0.2) is 82.6 Å². The van der Waals surface area contributed by atoms with Crippen LogP contribution in [0.3, 0.4) is 0 Å². The molecule has 0 fully saturated rings. The molecule has 12 heteroatoms. The van der Waals surface area contributed by atoms with Crippen LogP contribution in [0.4, 0.5) is 17.8 Å². The van der Waals surface area contributed by atoms with Gasteiger partial charge in [0.05, 0.1) is 19.8 Å². The lowest BCUT2D eigenvalue weighted by atomic mass is 10.3. The van der Waals surface area contributed by atoms with Gasteiger partial charge in [-0.2, -0.15) is 15.0 Å². The molecule has 1 heterocycles. The molecule has 0 saturated carbocycles. The van der Waals surface area contributed by atoms with Crippen LogP contribution < -0.4 is 16.0 Å². The molecule has 3 atom stereocenters. The minimum Gasteiger partial charge on any atom is -0.391 e. The van der Waals surface area contributed by atoms with Gasteiger partial charge in [-0.1, -0.05) is 0 Å². The second kappa shape index (κ2) is 7.38. The summed E-state index contributed by atoms with van der Waals surface area (Å²) in [5.74, 6) is -0.593. The normalized spacial score (nSPS) is 18.9. The monoisotopic (exact) mass is 348 g/mol. The van der Waals surface area contributed by atoms with E-state index in [0.29, 0.717) is 0 Å². The molecule has 1 rings (SSSR count). The number of anilines is 3. The number of rotatable bonds is 9. The third kappa shape index (κ3) is 6.35. The van der Waals surface area contributed by atoms with Gasteiger partial charge in [-0.05, 0) is 20.8 Å². The fraction of sp³-hybridized carbons (Fsp3) is 0.750. The lowest BCUT2D eigenvalue weighted by molar-refractivity contribution is 0.0241. The third-order valence-electron chi connectivity index (χ3n) is 2.70. The number of aliphatic hydroxyl groups is 6. The number of aliphatic hydroxyl groups excluding tert-OH is 3. The molecule has 1 aromatic rings. The van der Waals surface area contributed by atoms with E-state index in [1.54, 1.807) is 0 Å². The van der Waals surface area contributed by atoms with Crippen LogP contribution in [0.25, 0.3) is 0 Å². The molecule has 9 N–H and O–H groups in total. The number of nitrogens with zero attached hydrogens (tertiary/aromatic N) is 3. The van der Waals surface area contributed by atoms with E-state index >= 15 is 0 Å². The number of nitrogens with one attached hydrogen (secondary N) is 3. The molecule has 0 amide bonds. The molecule has 0 aliphatic heterocycles. The summed E-state index contributed by atoms with van der Waals surface area (Å²) in [5, 5.41) is 64.0. The van der Waals surface area contributed by atoms with Gasteiger partial charge in [-0.25, -0.2) is 0 Å². The molecule has 3 unspecified atom stereocenters. The Labute approximate surface area is 138 Å². The summed E-state index contributed by atoms with van der Waals surface area (Å²) < 4.78 is 0. The first-order valence-electron chi connectivity index (χ1n) is 7.02. The molecule has 0 aliphatic rings. The van der Waals surface area contributed by atoms with Crippen molar-refractivity contribution in [2.45, 2.75) is 37.9 Å². The Morgan fingerprint density at radius 2 is 0.833 bits per heavy atom. The first-order valence-corrected chi connectivity index (χ1v) is 7.02. The molecule has 138 valence electrons. The van der Waals surface area contributed by atoms with E-state index in [0.717, 1.165) is 0 Å². The van der Waals surface area contributed by atoms with E-state index in [-0.39, 0.29) is 17.8 Å². The molecular weight excluding hydrogens is 324 g/mol. The molecule has 1 aromatic heterocycles.